The number of nitro groups is 1. The summed E-state index contributed by atoms with van der Waals surface area (Å²) in [5.41, 5.74) is 0.990. The van der Waals surface area contributed by atoms with Crippen molar-refractivity contribution in [3.8, 4) is 0 Å². The summed E-state index contributed by atoms with van der Waals surface area (Å²) in [6, 6.07) is 4.91. The number of allylic oxidation sites excluding steroid dienone is 1. The molecule has 1 atom stereocenters. The molecule has 0 radical (unpaired) electrons. The minimum absolute atomic E-state index is 0.100. The highest BCUT2D eigenvalue weighted by atomic mass is 79.9. The maximum Gasteiger partial charge on any atom is 0.270 e. The van der Waals surface area contributed by atoms with Crippen molar-refractivity contribution in [3.63, 3.8) is 0 Å². The highest BCUT2D eigenvalue weighted by molar-refractivity contribution is 9.10. The van der Waals surface area contributed by atoms with Gasteiger partial charge in [-0.2, -0.15) is 0 Å². The lowest BCUT2D eigenvalue weighted by molar-refractivity contribution is -0.385. The number of hydrogen-bond donors (Lipinski definition) is 0. The largest absolute Gasteiger partial charge is 0.270 e. The zero-order chi connectivity index (χ0) is 10.7. The van der Waals surface area contributed by atoms with Crippen LogP contribution in [0, 0.1) is 10.1 Å². The molecule has 0 fully saturated rings. The van der Waals surface area contributed by atoms with E-state index in [1.54, 1.807) is 12.1 Å². The molecule has 1 unspecified atom stereocenters. The van der Waals surface area contributed by atoms with E-state index in [2.05, 4.69) is 22.5 Å². The minimum Gasteiger partial charge on any atom is -0.258 e. The second-order valence-electron chi connectivity index (χ2n) is 3.02. The SMILES string of the molecule is C=CC(C)c1cc(Br)cc([N+](=O)[O-])c1. The lowest BCUT2D eigenvalue weighted by atomic mass is 10.0. The molecule has 1 aromatic rings. The van der Waals surface area contributed by atoms with Gasteiger partial charge >= 0.3 is 0 Å². The molecule has 0 aliphatic rings. The lowest BCUT2D eigenvalue weighted by Crippen LogP contribution is -1.93. The average molecular weight is 256 g/mol. The second-order valence-corrected chi connectivity index (χ2v) is 3.94. The Kier molecular flexibility index (Phi) is 3.41. The Labute approximate surface area is 90.7 Å². The Balaban J connectivity index is 3.19. The molecule has 0 N–H and O–H groups in total. The summed E-state index contributed by atoms with van der Waals surface area (Å²) in [4.78, 5) is 10.2. The fourth-order valence-corrected chi connectivity index (χ4v) is 1.60. The smallest absolute Gasteiger partial charge is 0.258 e. The third kappa shape index (κ3) is 2.42. The molecule has 14 heavy (non-hydrogen) atoms. The molecule has 0 spiro atoms. The van der Waals surface area contributed by atoms with Crippen molar-refractivity contribution >= 4 is 21.6 Å². The first-order chi connectivity index (χ1) is 6.54. The van der Waals surface area contributed by atoms with Gasteiger partial charge in [0.1, 0.15) is 0 Å². The second kappa shape index (κ2) is 4.37. The van der Waals surface area contributed by atoms with Crippen LogP contribution in [0.2, 0.25) is 0 Å². The summed E-state index contributed by atoms with van der Waals surface area (Å²) in [5.74, 6) is 0.117. The molecular weight excluding hydrogens is 246 g/mol. The van der Waals surface area contributed by atoms with Crippen LogP contribution in [-0.4, -0.2) is 4.92 Å². The van der Waals surface area contributed by atoms with E-state index in [4.69, 9.17) is 0 Å². The van der Waals surface area contributed by atoms with Gasteiger partial charge in [0.2, 0.25) is 0 Å². The van der Waals surface area contributed by atoms with E-state index in [1.807, 2.05) is 13.0 Å². The maximum atomic E-state index is 10.6. The Hall–Kier alpha value is -1.16. The standard InChI is InChI=1S/C10H10BrNO2/c1-3-7(2)8-4-9(11)6-10(5-8)12(13)14/h3-7H,1H2,2H3. The molecule has 74 valence electrons. The van der Waals surface area contributed by atoms with Gasteiger partial charge in [0, 0.05) is 16.6 Å². The van der Waals surface area contributed by atoms with Crippen LogP contribution in [0.25, 0.3) is 0 Å². The Morgan fingerprint density at radius 3 is 2.71 bits per heavy atom. The topological polar surface area (TPSA) is 43.1 Å². The van der Waals surface area contributed by atoms with Crippen LogP contribution < -0.4 is 0 Å². The van der Waals surface area contributed by atoms with Gasteiger partial charge in [-0.05, 0) is 17.5 Å². The van der Waals surface area contributed by atoms with Gasteiger partial charge in [0.25, 0.3) is 5.69 Å². The van der Waals surface area contributed by atoms with Crippen molar-refractivity contribution in [2.24, 2.45) is 0 Å². The Morgan fingerprint density at radius 2 is 2.21 bits per heavy atom. The molecule has 4 heteroatoms. The number of benzene rings is 1. The number of nitro benzene ring substituents is 1. The van der Waals surface area contributed by atoms with Crippen LogP contribution >= 0.6 is 15.9 Å². The van der Waals surface area contributed by atoms with Crippen molar-refractivity contribution < 1.29 is 4.92 Å². The number of non-ortho nitro benzene ring substituents is 1. The van der Waals surface area contributed by atoms with Crippen molar-refractivity contribution in [1.82, 2.24) is 0 Å². The van der Waals surface area contributed by atoms with Gasteiger partial charge in [-0.1, -0.05) is 28.9 Å². The number of hydrogen-bond acceptors (Lipinski definition) is 2. The van der Waals surface area contributed by atoms with Crippen molar-refractivity contribution in [3.05, 3.63) is 51.0 Å². The maximum absolute atomic E-state index is 10.6. The van der Waals surface area contributed by atoms with Crippen LogP contribution in [0.1, 0.15) is 18.4 Å². The first kappa shape index (κ1) is 10.9. The highest BCUT2D eigenvalue weighted by Crippen LogP contribution is 2.26. The van der Waals surface area contributed by atoms with E-state index in [0.29, 0.717) is 0 Å². The van der Waals surface area contributed by atoms with Crippen LogP contribution in [0.5, 0.6) is 0 Å². The molecule has 0 amide bonds. The van der Waals surface area contributed by atoms with Crippen molar-refractivity contribution in [2.45, 2.75) is 12.8 Å². The Morgan fingerprint density at radius 1 is 1.57 bits per heavy atom. The van der Waals surface area contributed by atoms with Gasteiger partial charge in [-0.15, -0.1) is 6.58 Å². The van der Waals surface area contributed by atoms with Crippen LogP contribution in [0.4, 0.5) is 5.69 Å². The molecule has 0 heterocycles. The van der Waals surface area contributed by atoms with Gasteiger partial charge < -0.3 is 0 Å². The predicted molar refractivity (Wildman–Crippen MR) is 59.4 cm³/mol. The highest BCUT2D eigenvalue weighted by Gasteiger charge is 2.10. The molecule has 0 saturated carbocycles. The lowest BCUT2D eigenvalue weighted by Gasteiger charge is -2.06. The number of rotatable bonds is 3. The summed E-state index contributed by atoms with van der Waals surface area (Å²) in [6.45, 7) is 5.60. The zero-order valence-corrected chi connectivity index (χ0v) is 9.32. The van der Waals surface area contributed by atoms with E-state index < -0.39 is 4.92 Å². The molecule has 0 aliphatic carbocycles. The van der Waals surface area contributed by atoms with E-state index in [9.17, 15) is 10.1 Å². The average Bonchev–Trinajstić information content (AvgIpc) is 2.15. The normalized spacial score (nSPS) is 12.1. The van der Waals surface area contributed by atoms with Gasteiger partial charge in [0.15, 0.2) is 0 Å². The van der Waals surface area contributed by atoms with Crippen LogP contribution in [0.15, 0.2) is 35.3 Å². The molecule has 0 bridgehead atoms. The quantitative estimate of drug-likeness (QED) is 0.470. The van der Waals surface area contributed by atoms with E-state index >= 15 is 0 Å². The summed E-state index contributed by atoms with van der Waals surface area (Å²) in [5, 5.41) is 10.6. The molecule has 0 aliphatic heterocycles. The summed E-state index contributed by atoms with van der Waals surface area (Å²) >= 11 is 3.24. The van der Waals surface area contributed by atoms with Gasteiger partial charge in [-0.25, -0.2) is 0 Å². The molecule has 1 aromatic carbocycles. The van der Waals surface area contributed by atoms with E-state index in [0.717, 1.165) is 10.0 Å². The van der Waals surface area contributed by atoms with Crippen molar-refractivity contribution in [2.75, 3.05) is 0 Å². The number of nitrogens with zero attached hydrogens (tertiary/aromatic N) is 1. The third-order valence-electron chi connectivity index (χ3n) is 2.00. The fourth-order valence-electron chi connectivity index (χ4n) is 1.10. The fraction of sp³-hybridized carbons (Fsp3) is 0.200. The van der Waals surface area contributed by atoms with Crippen LogP contribution in [0.3, 0.4) is 0 Å². The molecule has 3 nitrogen and oxygen atoms in total. The first-order valence-electron chi connectivity index (χ1n) is 4.12. The van der Waals surface area contributed by atoms with Gasteiger partial charge in [-0.3, -0.25) is 10.1 Å². The minimum atomic E-state index is -0.399. The summed E-state index contributed by atoms with van der Waals surface area (Å²) < 4.78 is 0.718. The number of halogens is 1. The zero-order valence-electron chi connectivity index (χ0n) is 7.74. The third-order valence-corrected chi connectivity index (χ3v) is 2.45. The van der Waals surface area contributed by atoms with E-state index in [1.165, 1.54) is 6.07 Å². The predicted octanol–water partition coefficient (Wildman–Crippen LogP) is 3.65. The summed E-state index contributed by atoms with van der Waals surface area (Å²) in [7, 11) is 0. The molecule has 0 saturated heterocycles. The first-order valence-corrected chi connectivity index (χ1v) is 4.91. The molecular formula is C10H10BrNO2. The molecule has 0 aromatic heterocycles. The van der Waals surface area contributed by atoms with Crippen molar-refractivity contribution in [1.29, 1.82) is 0 Å². The van der Waals surface area contributed by atoms with E-state index in [-0.39, 0.29) is 11.6 Å². The molecule has 1 rings (SSSR count). The monoisotopic (exact) mass is 255 g/mol. The Bertz CT molecular complexity index is 376. The van der Waals surface area contributed by atoms with Crippen LogP contribution in [-0.2, 0) is 0 Å². The van der Waals surface area contributed by atoms with Gasteiger partial charge in [0.05, 0.1) is 4.92 Å². The summed E-state index contributed by atoms with van der Waals surface area (Å²) in [6.07, 6.45) is 1.76.